The van der Waals surface area contributed by atoms with Crippen LogP contribution in [0, 0.1) is 0 Å². The molecule has 2 aromatic carbocycles. The van der Waals surface area contributed by atoms with Crippen LogP contribution in [0.5, 0.6) is 11.5 Å². The molecule has 30 heavy (non-hydrogen) atoms. The van der Waals surface area contributed by atoms with E-state index in [1.165, 1.54) is 7.11 Å². The first-order valence-electron chi connectivity index (χ1n) is 10.2. The minimum atomic E-state index is -0.211. The van der Waals surface area contributed by atoms with Crippen molar-refractivity contribution >= 4 is 23.4 Å². The van der Waals surface area contributed by atoms with Crippen molar-refractivity contribution in [2.45, 2.75) is 31.7 Å². The van der Waals surface area contributed by atoms with Gasteiger partial charge in [0.2, 0.25) is 5.91 Å². The fourth-order valence-electron chi connectivity index (χ4n) is 3.48. The van der Waals surface area contributed by atoms with E-state index in [-0.39, 0.29) is 17.9 Å². The minimum Gasteiger partial charge on any atom is -0.496 e. The number of rotatable bonds is 8. The first-order valence-corrected chi connectivity index (χ1v) is 10.5. The van der Waals surface area contributed by atoms with Gasteiger partial charge < -0.3 is 19.7 Å². The van der Waals surface area contributed by atoms with E-state index in [4.69, 9.17) is 21.1 Å². The highest BCUT2D eigenvalue weighted by molar-refractivity contribution is 6.31. The molecule has 1 N–H and O–H groups in total. The Labute approximate surface area is 182 Å². The quantitative estimate of drug-likeness (QED) is 0.644. The standard InChI is InChI=1S/C23H27ClN2O4/c1-29-21-10-9-17(24)16-20(21)23(28)25-18-11-13-26(14-12-18)22(27)8-5-15-30-19-6-3-2-4-7-19/h2-4,6-7,9-10,16,18H,5,8,11-15H2,1H3,(H,25,28). The van der Waals surface area contributed by atoms with Gasteiger partial charge in [0.25, 0.3) is 5.91 Å². The van der Waals surface area contributed by atoms with Crippen molar-refractivity contribution in [3.8, 4) is 11.5 Å². The Kier molecular flexibility index (Phi) is 7.97. The summed E-state index contributed by atoms with van der Waals surface area (Å²) in [6.45, 7) is 1.79. The van der Waals surface area contributed by atoms with Crippen molar-refractivity contribution in [3.63, 3.8) is 0 Å². The summed E-state index contributed by atoms with van der Waals surface area (Å²) in [5.41, 5.74) is 0.418. The van der Waals surface area contributed by atoms with Gasteiger partial charge in [0, 0.05) is 30.6 Å². The number of nitrogens with one attached hydrogen (secondary N) is 1. The molecule has 0 aliphatic carbocycles. The summed E-state index contributed by atoms with van der Waals surface area (Å²) in [4.78, 5) is 26.9. The van der Waals surface area contributed by atoms with Crippen molar-refractivity contribution in [2.75, 3.05) is 26.8 Å². The lowest BCUT2D eigenvalue weighted by Gasteiger charge is -2.32. The molecule has 0 bridgehead atoms. The lowest BCUT2D eigenvalue weighted by Crippen LogP contribution is -2.46. The zero-order valence-electron chi connectivity index (χ0n) is 17.1. The number of methoxy groups -OCH3 is 1. The third-order valence-electron chi connectivity index (χ3n) is 5.14. The number of ether oxygens (including phenoxy) is 2. The van der Waals surface area contributed by atoms with Crippen LogP contribution in [0.1, 0.15) is 36.0 Å². The van der Waals surface area contributed by atoms with Crippen LogP contribution in [-0.2, 0) is 4.79 Å². The second-order valence-corrected chi connectivity index (χ2v) is 7.67. The van der Waals surface area contributed by atoms with E-state index in [1.54, 1.807) is 18.2 Å². The average Bonchev–Trinajstić information content (AvgIpc) is 2.77. The molecule has 0 saturated carbocycles. The van der Waals surface area contributed by atoms with Crippen LogP contribution in [0.15, 0.2) is 48.5 Å². The molecule has 2 aromatic rings. The number of hydrogen-bond donors (Lipinski definition) is 1. The summed E-state index contributed by atoms with van der Waals surface area (Å²) in [5, 5.41) is 3.52. The molecule has 1 saturated heterocycles. The third-order valence-corrected chi connectivity index (χ3v) is 5.37. The molecule has 0 atom stereocenters. The van der Waals surface area contributed by atoms with Gasteiger partial charge in [-0.1, -0.05) is 29.8 Å². The summed E-state index contributed by atoms with van der Waals surface area (Å²) < 4.78 is 10.9. The number of nitrogens with zero attached hydrogens (tertiary/aromatic N) is 1. The van der Waals surface area contributed by atoms with Crippen LogP contribution < -0.4 is 14.8 Å². The predicted octanol–water partition coefficient (Wildman–Crippen LogP) is 3.93. The van der Waals surface area contributed by atoms with Crippen molar-refractivity contribution in [3.05, 3.63) is 59.1 Å². The van der Waals surface area contributed by atoms with Gasteiger partial charge in [0.15, 0.2) is 0 Å². The average molecular weight is 431 g/mol. The molecule has 1 heterocycles. The van der Waals surface area contributed by atoms with Gasteiger partial charge in [-0.15, -0.1) is 0 Å². The predicted molar refractivity (Wildman–Crippen MR) is 116 cm³/mol. The summed E-state index contributed by atoms with van der Waals surface area (Å²) in [6.07, 6.45) is 2.59. The van der Waals surface area contributed by atoms with Crippen LogP contribution in [0.25, 0.3) is 0 Å². The van der Waals surface area contributed by atoms with Gasteiger partial charge in [-0.05, 0) is 49.6 Å². The molecule has 0 aromatic heterocycles. The van der Waals surface area contributed by atoms with Crippen LogP contribution >= 0.6 is 11.6 Å². The smallest absolute Gasteiger partial charge is 0.255 e. The largest absolute Gasteiger partial charge is 0.496 e. The fourth-order valence-corrected chi connectivity index (χ4v) is 3.65. The monoisotopic (exact) mass is 430 g/mol. The molecule has 0 unspecified atom stereocenters. The second kappa shape index (κ2) is 10.9. The van der Waals surface area contributed by atoms with E-state index >= 15 is 0 Å². The second-order valence-electron chi connectivity index (χ2n) is 7.24. The first-order chi connectivity index (χ1) is 14.6. The van der Waals surface area contributed by atoms with E-state index in [0.717, 1.165) is 18.6 Å². The van der Waals surface area contributed by atoms with E-state index in [1.807, 2.05) is 35.2 Å². The molecule has 3 rings (SSSR count). The molecule has 0 radical (unpaired) electrons. The zero-order valence-corrected chi connectivity index (χ0v) is 17.9. The van der Waals surface area contributed by atoms with E-state index in [9.17, 15) is 9.59 Å². The number of carbonyl (C=O) groups excluding carboxylic acids is 2. The number of para-hydroxylation sites is 1. The van der Waals surface area contributed by atoms with Gasteiger partial charge in [-0.3, -0.25) is 9.59 Å². The van der Waals surface area contributed by atoms with E-state index in [2.05, 4.69) is 5.32 Å². The normalized spacial score (nSPS) is 14.3. The maximum atomic E-state index is 12.6. The Hall–Kier alpha value is -2.73. The van der Waals surface area contributed by atoms with Crippen LogP contribution in [0.4, 0.5) is 0 Å². The Balaban J connectivity index is 1.39. The Morgan fingerprint density at radius 1 is 1.13 bits per heavy atom. The van der Waals surface area contributed by atoms with E-state index < -0.39 is 0 Å². The molecule has 1 fully saturated rings. The first kappa shape index (κ1) is 22.0. The number of benzene rings is 2. The number of amides is 2. The Morgan fingerprint density at radius 2 is 1.87 bits per heavy atom. The summed E-state index contributed by atoms with van der Waals surface area (Å²) >= 11 is 6.01. The van der Waals surface area contributed by atoms with Gasteiger partial charge in [0.05, 0.1) is 19.3 Å². The topological polar surface area (TPSA) is 67.9 Å². The minimum absolute atomic E-state index is 0.0200. The van der Waals surface area contributed by atoms with Crippen LogP contribution in [-0.4, -0.2) is 49.6 Å². The SMILES string of the molecule is COc1ccc(Cl)cc1C(=O)NC1CCN(C(=O)CCCOc2ccccc2)CC1. The number of carbonyl (C=O) groups is 2. The van der Waals surface area contributed by atoms with Crippen LogP contribution in [0.2, 0.25) is 5.02 Å². The van der Waals surface area contributed by atoms with Crippen molar-refractivity contribution in [1.29, 1.82) is 0 Å². The van der Waals surface area contributed by atoms with Gasteiger partial charge in [-0.25, -0.2) is 0 Å². The summed E-state index contributed by atoms with van der Waals surface area (Å²) in [6, 6.07) is 14.6. The molecule has 6 nitrogen and oxygen atoms in total. The molecule has 2 amide bonds. The van der Waals surface area contributed by atoms with Crippen LogP contribution in [0.3, 0.4) is 0 Å². The molecule has 7 heteroatoms. The summed E-state index contributed by atoms with van der Waals surface area (Å²) in [5.74, 6) is 1.23. The molecule has 160 valence electrons. The maximum Gasteiger partial charge on any atom is 0.255 e. The molecule has 1 aliphatic heterocycles. The highest BCUT2D eigenvalue weighted by atomic mass is 35.5. The number of hydrogen-bond acceptors (Lipinski definition) is 4. The highest BCUT2D eigenvalue weighted by Crippen LogP contribution is 2.23. The number of piperidine rings is 1. The Morgan fingerprint density at radius 3 is 2.57 bits per heavy atom. The number of likely N-dealkylation sites (tertiary alicyclic amines) is 1. The van der Waals surface area contributed by atoms with Gasteiger partial charge in [-0.2, -0.15) is 0 Å². The highest BCUT2D eigenvalue weighted by Gasteiger charge is 2.24. The molecule has 1 aliphatic rings. The van der Waals surface area contributed by atoms with Gasteiger partial charge in [0.1, 0.15) is 11.5 Å². The maximum absolute atomic E-state index is 12.6. The summed E-state index contributed by atoms with van der Waals surface area (Å²) in [7, 11) is 1.52. The third kappa shape index (κ3) is 6.13. The zero-order chi connectivity index (χ0) is 21.3. The lowest BCUT2D eigenvalue weighted by atomic mass is 10.0. The number of halogens is 1. The van der Waals surface area contributed by atoms with E-state index in [0.29, 0.717) is 48.9 Å². The molecular weight excluding hydrogens is 404 g/mol. The van der Waals surface area contributed by atoms with Gasteiger partial charge >= 0.3 is 0 Å². The fraction of sp³-hybridized carbons (Fsp3) is 0.391. The molecule has 0 spiro atoms. The van der Waals surface area contributed by atoms with Crippen molar-refractivity contribution in [2.24, 2.45) is 0 Å². The Bertz CT molecular complexity index is 852. The molecular formula is C23H27ClN2O4. The lowest BCUT2D eigenvalue weighted by molar-refractivity contribution is -0.132. The van der Waals surface area contributed by atoms with Crippen molar-refractivity contribution < 1.29 is 19.1 Å². The van der Waals surface area contributed by atoms with Crippen molar-refractivity contribution in [1.82, 2.24) is 10.2 Å².